The molecule has 3 rings (SSSR count). The Morgan fingerprint density at radius 2 is 2.14 bits per heavy atom. The lowest BCUT2D eigenvalue weighted by atomic mass is 9.69. The second kappa shape index (κ2) is 8.79. The molecule has 1 aromatic carbocycles. The van der Waals surface area contributed by atoms with Crippen molar-refractivity contribution in [3.8, 4) is 6.07 Å². The summed E-state index contributed by atoms with van der Waals surface area (Å²) >= 11 is 6.04. The SMILES string of the molecule is C[C@@H]1CC[C@@H](Nc2nc(NCCc3cccc(Cl)c3)ncc2C#N)C(C)(C)C1. The fourth-order valence-electron chi connectivity index (χ4n) is 4.09. The number of nitrogens with one attached hydrogen (secondary N) is 2. The highest BCUT2D eigenvalue weighted by atomic mass is 35.5. The number of anilines is 2. The van der Waals surface area contributed by atoms with Crippen LogP contribution in [-0.4, -0.2) is 22.6 Å². The van der Waals surface area contributed by atoms with Crippen LogP contribution in [0.25, 0.3) is 0 Å². The number of hydrogen-bond acceptors (Lipinski definition) is 5. The van der Waals surface area contributed by atoms with Gasteiger partial charge in [-0.1, -0.05) is 44.5 Å². The molecule has 148 valence electrons. The van der Waals surface area contributed by atoms with Crippen LogP contribution >= 0.6 is 11.6 Å². The van der Waals surface area contributed by atoms with Gasteiger partial charge < -0.3 is 10.6 Å². The molecule has 0 amide bonds. The first kappa shape index (κ1) is 20.4. The minimum Gasteiger partial charge on any atom is -0.366 e. The smallest absolute Gasteiger partial charge is 0.224 e. The van der Waals surface area contributed by atoms with E-state index in [1.165, 1.54) is 12.8 Å². The molecule has 0 spiro atoms. The van der Waals surface area contributed by atoms with E-state index in [1.54, 1.807) is 6.20 Å². The van der Waals surface area contributed by atoms with Crippen molar-refractivity contribution in [1.29, 1.82) is 5.26 Å². The van der Waals surface area contributed by atoms with Crippen LogP contribution < -0.4 is 10.6 Å². The molecule has 5 nitrogen and oxygen atoms in total. The van der Waals surface area contributed by atoms with E-state index in [9.17, 15) is 5.26 Å². The summed E-state index contributed by atoms with van der Waals surface area (Å²) in [5, 5.41) is 17.0. The third-order valence-corrected chi connectivity index (χ3v) is 5.81. The highest BCUT2D eigenvalue weighted by Crippen LogP contribution is 2.40. The van der Waals surface area contributed by atoms with Gasteiger partial charge in [0.25, 0.3) is 0 Å². The molecule has 1 saturated carbocycles. The van der Waals surface area contributed by atoms with Crippen LogP contribution in [-0.2, 0) is 6.42 Å². The van der Waals surface area contributed by atoms with Crippen LogP contribution in [0, 0.1) is 22.7 Å². The minimum absolute atomic E-state index is 0.162. The van der Waals surface area contributed by atoms with Crippen molar-refractivity contribution < 1.29 is 0 Å². The van der Waals surface area contributed by atoms with Crippen LogP contribution in [0.3, 0.4) is 0 Å². The van der Waals surface area contributed by atoms with Crippen molar-refractivity contribution in [2.45, 2.75) is 52.5 Å². The van der Waals surface area contributed by atoms with Crippen molar-refractivity contribution in [2.24, 2.45) is 11.3 Å². The third kappa shape index (κ3) is 5.14. The number of halogens is 1. The van der Waals surface area contributed by atoms with E-state index in [4.69, 9.17) is 11.6 Å². The molecule has 6 heteroatoms. The monoisotopic (exact) mass is 397 g/mol. The van der Waals surface area contributed by atoms with Crippen molar-refractivity contribution in [2.75, 3.05) is 17.2 Å². The van der Waals surface area contributed by atoms with Crippen LogP contribution in [0.2, 0.25) is 5.02 Å². The summed E-state index contributed by atoms with van der Waals surface area (Å²) in [6.07, 6.45) is 5.86. The first-order valence-electron chi connectivity index (χ1n) is 9.89. The van der Waals surface area contributed by atoms with Crippen LogP contribution in [0.4, 0.5) is 11.8 Å². The lowest BCUT2D eigenvalue weighted by Gasteiger charge is -2.42. The average molecular weight is 398 g/mol. The molecule has 1 aliphatic carbocycles. The Hall–Kier alpha value is -2.32. The Morgan fingerprint density at radius 1 is 1.32 bits per heavy atom. The summed E-state index contributed by atoms with van der Waals surface area (Å²) in [5.41, 5.74) is 1.80. The molecular formula is C22H28ClN5. The largest absolute Gasteiger partial charge is 0.366 e. The first-order chi connectivity index (χ1) is 13.4. The highest BCUT2D eigenvalue weighted by Gasteiger charge is 2.35. The molecule has 0 radical (unpaired) electrons. The number of benzene rings is 1. The van der Waals surface area contributed by atoms with Gasteiger partial charge in [0.05, 0.1) is 6.20 Å². The van der Waals surface area contributed by atoms with E-state index in [0.29, 0.717) is 29.9 Å². The summed E-state index contributed by atoms with van der Waals surface area (Å²) in [6.45, 7) is 7.58. The Balaban J connectivity index is 1.67. The summed E-state index contributed by atoms with van der Waals surface area (Å²) in [5.74, 6) is 1.89. The lowest BCUT2D eigenvalue weighted by molar-refractivity contribution is 0.169. The predicted molar refractivity (Wildman–Crippen MR) is 115 cm³/mol. The summed E-state index contributed by atoms with van der Waals surface area (Å²) in [7, 11) is 0. The van der Waals surface area contributed by atoms with Gasteiger partial charge in [0.1, 0.15) is 17.5 Å². The normalized spacial score (nSPS) is 21.0. The van der Waals surface area contributed by atoms with E-state index < -0.39 is 0 Å². The summed E-state index contributed by atoms with van der Waals surface area (Å²) in [4.78, 5) is 8.88. The molecule has 0 unspecified atom stereocenters. The number of hydrogen-bond donors (Lipinski definition) is 2. The predicted octanol–water partition coefficient (Wildman–Crippen LogP) is 5.28. The number of nitrogens with zero attached hydrogens (tertiary/aromatic N) is 3. The number of nitriles is 1. The van der Waals surface area contributed by atoms with Crippen LogP contribution in [0.5, 0.6) is 0 Å². The summed E-state index contributed by atoms with van der Waals surface area (Å²) < 4.78 is 0. The Morgan fingerprint density at radius 3 is 2.86 bits per heavy atom. The van der Waals surface area contributed by atoms with E-state index in [2.05, 4.69) is 47.4 Å². The van der Waals surface area contributed by atoms with Gasteiger partial charge in [-0.2, -0.15) is 10.2 Å². The standard InChI is InChI=1S/C22H28ClN5/c1-15-7-8-19(22(2,3)12-15)27-20-17(13-24)14-26-21(28-20)25-10-9-16-5-4-6-18(23)11-16/h4-6,11,14-15,19H,7-10,12H2,1-3H3,(H2,25,26,27,28)/t15-,19-/m1/s1. The molecule has 1 fully saturated rings. The van der Waals surface area contributed by atoms with Crippen molar-refractivity contribution in [3.63, 3.8) is 0 Å². The van der Waals surface area contributed by atoms with E-state index in [0.717, 1.165) is 29.3 Å². The zero-order valence-corrected chi connectivity index (χ0v) is 17.6. The fourth-order valence-corrected chi connectivity index (χ4v) is 4.30. The zero-order chi connectivity index (χ0) is 20.1. The van der Waals surface area contributed by atoms with Gasteiger partial charge in [-0.15, -0.1) is 0 Å². The minimum atomic E-state index is 0.162. The second-order valence-electron chi connectivity index (χ2n) is 8.45. The maximum atomic E-state index is 9.46. The van der Waals surface area contributed by atoms with Gasteiger partial charge in [-0.25, -0.2) is 4.98 Å². The van der Waals surface area contributed by atoms with Crippen LogP contribution in [0.1, 0.15) is 51.2 Å². The van der Waals surface area contributed by atoms with Crippen LogP contribution in [0.15, 0.2) is 30.5 Å². The van der Waals surface area contributed by atoms with E-state index >= 15 is 0 Å². The Labute approximate surface area is 172 Å². The van der Waals surface area contributed by atoms with Gasteiger partial charge >= 0.3 is 0 Å². The molecule has 28 heavy (non-hydrogen) atoms. The van der Waals surface area contributed by atoms with Crippen molar-refractivity contribution in [3.05, 3.63) is 46.6 Å². The topological polar surface area (TPSA) is 73.6 Å². The molecule has 2 aromatic rings. The Bertz CT molecular complexity index is 858. The fraction of sp³-hybridized carbons (Fsp3) is 0.500. The van der Waals surface area contributed by atoms with Crippen molar-refractivity contribution >= 4 is 23.4 Å². The van der Waals surface area contributed by atoms with Crippen molar-refractivity contribution in [1.82, 2.24) is 9.97 Å². The molecule has 0 saturated heterocycles. The first-order valence-corrected chi connectivity index (χ1v) is 10.3. The van der Waals surface area contributed by atoms with Gasteiger partial charge in [0.15, 0.2) is 0 Å². The number of aromatic nitrogens is 2. The maximum Gasteiger partial charge on any atom is 0.224 e. The molecule has 1 aliphatic rings. The van der Waals surface area contributed by atoms with Gasteiger partial charge in [-0.05, 0) is 54.7 Å². The van der Waals surface area contributed by atoms with Gasteiger partial charge in [-0.3, -0.25) is 0 Å². The maximum absolute atomic E-state index is 9.46. The molecule has 2 atom stereocenters. The quantitative estimate of drug-likeness (QED) is 0.693. The molecule has 0 aliphatic heterocycles. The lowest BCUT2D eigenvalue weighted by Crippen LogP contribution is -2.41. The zero-order valence-electron chi connectivity index (χ0n) is 16.8. The number of rotatable bonds is 6. The average Bonchev–Trinajstić information content (AvgIpc) is 2.64. The second-order valence-corrected chi connectivity index (χ2v) is 8.88. The third-order valence-electron chi connectivity index (χ3n) is 5.57. The highest BCUT2D eigenvalue weighted by molar-refractivity contribution is 6.30. The Kier molecular flexibility index (Phi) is 6.41. The molecule has 2 N–H and O–H groups in total. The summed E-state index contributed by atoms with van der Waals surface area (Å²) in [6, 6.07) is 10.3. The molecular weight excluding hydrogens is 370 g/mol. The van der Waals surface area contributed by atoms with E-state index in [-0.39, 0.29) is 5.41 Å². The van der Waals surface area contributed by atoms with Gasteiger partial charge in [0.2, 0.25) is 5.95 Å². The molecule has 1 aromatic heterocycles. The van der Waals surface area contributed by atoms with E-state index in [1.807, 2.05) is 24.3 Å². The molecule has 1 heterocycles. The molecule has 0 bridgehead atoms. The van der Waals surface area contributed by atoms with Gasteiger partial charge in [0, 0.05) is 17.6 Å².